The van der Waals surface area contributed by atoms with E-state index >= 15 is 0 Å². The molecule has 2 unspecified atom stereocenters. The Bertz CT molecular complexity index is 1650. The Morgan fingerprint density at radius 3 is 1.89 bits per heavy atom. The summed E-state index contributed by atoms with van der Waals surface area (Å²) in [5, 5.41) is 4.23. The molecule has 0 bridgehead atoms. The summed E-state index contributed by atoms with van der Waals surface area (Å²) in [6.45, 7) is 0.00769. The van der Waals surface area contributed by atoms with Gasteiger partial charge in [0.2, 0.25) is 0 Å². The minimum absolute atomic E-state index is 0.742. The van der Waals surface area contributed by atoms with Crippen molar-refractivity contribution in [2.24, 2.45) is 0 Å². The molecule has 1 saturated heterocycles. The Morgan fingerprint density at radius 2 is 1.35 bits per heavy atom. The fourth-order valence-corrected chi connectivity index (χ4v) is 5.19. The summed E-state index contributed by atoms with van der Waals surface area (Å²) in [5.41, 5.74) is -1.66. The number of hydrogen-bond acceptors (Lipinski definition) is 16. The number of para-hydroxylation sites is 1. The van der Waals surface area contributed by atoms with Gasteiger partial charge in [0.15, 0.2) is 24.6 Å². The molecule has 0 saturated carbocycles. The van der Waals surface area contributed by atoms with Gasteiger partial charge in [-0.2, -0.15) is 43.5 Å². The zero-order valence-corrected chi connectivity index (χ0v) is 29.0. The van der Waals surface area contributed by atoms with E-state index in [4.69, 9.17) is 28.4 Å². The van der Waals surface area contributed by atoms with Crippen molar-refractivity contribution in [2.75, 3.05) is 13.2 Å². The maximum atomic E-state index is 14.5. The lowest BCUT2D eigenvalue weighted by atomic mass is 9.98. The Hall–Kier alpha value is -4.27. The van der Waals surface area contributed by atoms with Crippen LogP contribution in [0.1, 0.15) is 46.1 Å². The van der Waals surface area contributed by atoms with Crippen LogP contribution in [0.2, 0.25) is 0 Å². The molecule has 0 spiro atoms. The van der Waals surface area contributed by atoms with Crippen LogP contribution in [0, 0.1) is 10.1 Å². The van der Waals surface area contributed by atoms with Crippen molar-refractivity contribution in [1.29, 1.82) is 0 Å². The van der Waals surface area contributed by atoms with Gasteiger partial charge in [-0.3, -0.25) is 33.5 Å². The largest absolute Gasteiger partial charge is 0.463 e. The molecule has 1 aromatic rings. The van der Waals surface area contributed by atoms with Crippen molar-refractivity contribution >= 4 is 39.7 Å². The van der Waals surface area contributed by atoms with Gasteiger partial charge in [0.05, 0.1) is 23.7 Å². The molecule has 0 N–H and O–H groups in total. The highest BCUT2D eigenvalue weighted by atomic mass is 32.2. The minimum Gasteiger partial charge on any atom is -0.463 e. The number of esters is 4. The fraction of sp³-hybridized carbons (Fsp3) is 0.643. The fourth-order valence-electron chi connectivity index (χ4n) is 4.43. The van der Waals surface area contributed by atoms with Gasteiger partial charge in [0.1, 0.15) is 12.7 Å². The van der Waals surface area contributed by atoms with Gasteiger partial charge < -0.3 is 28.4 Å². The topological polar surface area (TPSA) is 219 Å². The van der Waals surface area contributed by atoms with Crippen molar-refractivity contribution in [1.82, 2.24) is 0 Å². The van der Waals surface area contributed by atoms with Crippen molar-refractivity contribution in [3.05, 3.63) is 39.9 Å². The first-order chi connectivity index (χ1) is 24.7. The molecule has 17 nitrogen and oxygen atoms in total. The number of rotatable bonds is 19. The molecular weight excluding hydrogens is 790 g/mol. The third kappa shape index (κ3) is 11.6. The molecule has 26 heteroatoms. The van der Waals surface area contributed by atoms with Crippen LogP contribution >= 0.6 is 0 Å². The molecule has 2 rings (SSSR count). The van der Waals surface area contributed by atoms with Crippen LogP contribution in [0.4, 0.5) is 40.8 Å². The predicted molar refractivity (Wildman–Crippen MR) is 155 cm³/mol. The molecule has 0 aliphatic carbocycles. The van der Waals surface area contributed by atoms with Crippen molar-refractivity contribution < 1.29 is 105 Å². The molecular formula is C28H31F8NO16S. The second-order valence-electron chi connectivity index (χ2n) is 11.0. The Labute approximate surface area is 299 Å². The van der Waals surface area contributed by atoms with Gasteiger partial charge in [-0.25, -0.2) is 4.74 Å². The van der Waals surface area contributed by atoms with Crippen LogP contribution < -0.4 is 0 Å². The number of nitrogens with zero attached hydrogens (tertiary/aromatic N) is 1. The number of carbonyl (C=O) groups is 4. The number of alkyl halides is 8. The smallest absolute Gasteiger partial charge is 0.460 e. The summed E-state index contributed by atoms with van der Waals surface area (Å²) in [5.74, 6) is -9.85. The molecule has 306 valence electrons. The number of nitro benzene ring substituents is 1. The third-order valence-corrected chi connectivity index (χ3v) is 8.05. The molecule has 5 atom stereocenters. The van der Waals surface area contributed by atoms with Crippen LogP contribution in [0.3, 0.4) is 0 Å². The average molecular weight is 822 g/mol. The minimum atomic E-state index is -7.03. The van der Waals surface area contributed by atoms with Gasteiger partial charge in [-0.05, 0) is 12.5 Å². The van der Waals surface area contributed by atoms with E-state index in [0.717, 1.165) is 52.0 Å². The zero-order chi connectivity index (χ0) is 41.4. The normalized spacial score (nSPS) is 21.1. The lowest BCUT2D eigenvalue weighted by Gasteiger charge is -2.44. The molecule has 54 heavy (non-hydrogen) atoms. The maximum Gasteiger partial charge on any atom is 0.460 e. The third-order valence-electron chi connectivity index (χ3n) is 6.76. The van der Waals surface area contributed by atoms with E-state index in [1.807, 2.05) is 0 Å². The number of carbonyl (C=O) groups excluding carboxylic acids is 4. The van der Waals surface area contributed by atoms with Crippen LogP contribution in [-0.4, -0.2) is 105 Å². The van der Waals surface area contributed by atoms with Crippen LogP contribution in [-0.2, 0) is 73.2 Å². The molecule has 1 aliphatic rings. The molecule has 0 aromatic heterocycles. The summed E-state index contributed by atoms with van der Waals surface area (Å²) in [6.07, 6.45) is -25.8. The van der Waals surface area contributed by atoms with E-state index in [1.54, 1.807) is 0 Å². The molecule has 1 aromatic carbocycles. The monoisotopic (exact) mass is 821 g/mol. The van der Waals surface area contributed by atoms with Crippen LogP contribution in [0.15, 0.2) is 24.3 Å². The van der Waals surface area contributed by atoms with E-state index in [9.17, 15) is 72.8 Å². The summed E-state index contributed by atoms with van der Waals surface area (Å²) in [4.78, 5) is 56.8. The maximum absolute atomic E-state index is 14.5. The molecule has 1 aliphatic heterocycles. The lowest BCUT2D eigenvalue weighted by Crippen LogP contribution is -2.63. The molecule has 0 amide bonds. The number of nitro groups is 1. The summed E-state index contributed by atoms with van der Waals surface area (Å²) in [7, 11) is -7.03. The second kappa shape index (κ2) is 17.9. The summed E-state index contributed by atoms with van der Waals surface area (Å²) in [6, 6.07) is 3.61. The Balaban J connectivity index is 2.22. The van der Waals surface area contributed by atoms with Crippen molar-refractivity contribution in [2.45, 2.75) is 101 Å². The van der Waals surface area contributed by atoms with Crippen LogP contribution in [0.5, 0.6) is 0 Å². The van der Waals surface area contributed by atoms with Crippen LogP contribution in [0.25, 0.3) is 0 Å². The van der Waals surface area contributed by atoms with Crippen molar-refractivity contribution in [3.63, 3.8) is 0 Å². The first kappa shape index (κ1) is 45.9. The quantitative estimate of drug-likeness (QED) is 0.0369. The number of benzene rings is 1. The zero-order valence-electron chi connectivity index (χ0n) is 28.1. The summed E-state index contributed by atoms with van der Waals surface area (Å²) >= 11 is 0. The SMILES string of the molecule is CC(=O)OCC1O[C@@H](OCCCC(F)(F)C(F)(F)OC(F)(F)C(F)(F)S(=O)(=O)OCc2ccccc2[N+](=O)[O-])C(OC(C)=O)[C@H](OC(C)=O)[C@@H]1OC(C)=O. The highest BCUT2D eigenvalue weighted by Crippen LogP contribution is 2.48. The average Bonchev–Trinajstić information content (AvgIpc) is 3.02. The van der Waals surface area contributed by atoms with E-state index in [1.165, 1.54) is 0 Å². The Morgan fingerprint density at radius 1 is 0.815 bits per heavy atom. The number of hydrogen-bond donors (Lipinski definition) is 0. The van der Waals surface area contributed by atoms with Gasteiger partial charge in [-0.15, -0.1) is 0 Å². The standard InChI is InChI=1S/C28H31F8NO16S/c1-14(38)47-13-20-21(49-15(2)39)22(50-16(3)40)23(51-17(4)41)24(52-20)46-11-7-10-25(29,30)26(31,32)53-27(33,34)28(35,36)54(44,45)48-12-18-8-5-6-9-19(18)37(42)43/h5-6,8-9,20-24H,7,10-13H2,1-4H3/t20?,21-,22-,23?,24-/m1/s1. The van der Waals surface area contributed by atoms with E-state index in [2.05, 4.69) is 8.92 Å². The van der Waals surface area contributed by atoms with Crippen molar-refractivity contribution in [3.8, 4) is 0 Å². The highest BCUT2D eigenvalue weighted by Gasteiger charge is 2.74. The number of halogens is 8. The van der Waals surface area contributed by atoms with E-state index < -0.39 is 137 Å². The Kier molecular flexibility index (Phi) is 15.2. The lowest BCUT2D eigenvalue weighted by molar-refractivity contribution is -0.457. The van der Waals surface area contributed by atoms with Gasteiger partial charge >= 0.3 is 57.4 Å². The molecule has 0 radical (unpaired) electrons. The summed E-state index contributed by atoms with van der Waals surface area (Å²) < 4.78 is 176. The predicted octanol–water partition coefficient (Wildman–Crippen LogP) is 3.75. The highest BCUT2D eigenvalue weighted by molar-refractivity contribution is 7.87. The van der Waals surface area contributed by atoms with E-state index in [0.29, 0.717) is 0 Å². The van der Waals surface area contributed by atoms with E-state index in [-0.39, 0.29) is 0 Å². The molecule has 1 fully saturated rings. The van der Waals surface area contributed by atoms with Gasteiger partial charge in [0, 0.05) is 40.2 Å². The number of ether oxygens (including phenoxy) is 7. The molecule has 1 heterocycles. The first-order valence-corrected chi connectivity index (χ1v) is 16.3. The first-order valence-electron chi connectivity index (χ1n) is 14.9. The second-order valence-corrected chi connectivity index (χ2v) is 12.7. The van der Waals surface area contributed by atoms with Gasteiger partial charge in [0.25, 0.3) is 5.69 Å². The van der Waals surface area contributed by atoms with Gasteiger partial charge in [-0.1, -0.05) is 12.1 Å².